The number of nitrogens with zero attached hydrogens (tertiary/aromatic N) is 1. The molecule has 105 valence electrons. The third kappa shape index (κ3) is 4.18. The predicted molar refractivity (Wildman–Crippen MR) is 87.7 cm³/mol. The van der Waals surface area contributed by atoms with E-state index in [9.17, 15) is 4.79 Å². The van der Waals surface area contributed by atoms with Crippen LogP contribution in [0.15, 0.2) is 29.1 Å². The van der Waals surface area contributed by atoms with E-state index in [1.165, 1.54) is 0 Å². The molecule has 0 aliphatic heterocycles. The first-order valence-corrected chi connectivity index (χ1v) is 7.07. The zero-order valence-electron chi connectivity index (χ0n) is 11.8. The van der Waals surface area contributed by atoms with Crippen molar-refractivity contribution in [2.45, 2.75) is 6.92 Å². The van der Waals surface area contributed by atoms with Crippen LogP contribution in [0, 0.1) is 28.9 Å². The fraction of sp³-hybridized carbons (Fsp3) is 0.188. The maximum absolute atomic E-state index is 12.0. The van der Waals surface area contributed by atoms with Gasteiger partial charge in [0.25, 0.3) is 0 Å². The SMILES string of the molecule is C#CCOc1ccc(-c2[c-]cc(I)c(=O)n2C)c(C)c1.[Y]. The Labute approximate surface area is 163 Å². The number of pyridine rings is 1. The summed E-state index contributed by atoms with van der Waals surface area (Å²) in [4.78, 5) is 12.0. The number of hydrogen-bond acceptors (Lipinski definition) is 2. The molecule has 2 rings (SSSR count). The Hall–Kier alpha value is -0.636. The summed E-state index contributed by atoms with van der Waals surface area (Å²) >= 11 is 2.01. The Morgan fingerprint density at radius 2 is 2.19 bits per heavy atom. The Balaban J connectivity index is 0.00000220. The van der Waals surface area contributed by atoms with E-state index in [2.05, 4.69) is 12.0 Å². The van der Waals surface area contributed by atoms with E-state index in [0.29, 0.717) is 3.57 Å². The summed E-state index contributed by atoms with van der Waals surface area (Å²) in [5, 5.41) is 0. The van der Waals surface area contributed by atoms with Crippen molar-refractivity contribution >= 4 is 22.6 Å². The summed E-state index contributed by atoms with van der Waals surface area (Å²) in [5.74, 6) is 3.15. The van der Waals surface area contributed by atoms with Gasteiger partial charge in [-0.05, 0) is 15.7 Å². The minimum atomic E-state index is -0.0218. The summed E-state index contributed by atoms with van der Waals surface area (Å²) in [6.07, 6.45) is 5.17. The molecule has 0 unspecified atom stereocenters. The van der Waals surface area contributed by atoms with E-state index in [1.54, 1.807) is 17.7 Å². The summed E-state index contributed by atoms with van der Waals surface area (Å²) < 4.78 is 7.64. The van der Waals surface area contributed by atoms with Crippen LogP contribution < -0.4 is 10.3 Å². The van der Waals surface area contributed by atoms with Crippen molar-refractivity contribution in [2.75, 3.05) is 6.61 Å². The number of benzene rings is 1. The van der Waals surface area contributed by atoms with Crippen molar-refractivity contribution in [3.05, 3.63) is 49.8 Å². The number of halogens is 1. The number of hydrogen-bond donors (Lipinski definition) is 0. The molecule has 0 fully saturated rings. The van der Waals surface area contributed by atoms with Gasteiger partial charge >= 0.3 is 0 Å². The zero-order valence-corrected chi connectivity index (χ0v) is 16.8. The van der Waals surface area contributed by atoms with E-state index < -0.39 is 0 Å². The maximum Gasteiger partial charge on any atom is 0.207 e. The maximum atomic E-state index is 12.0. The normalized spacial score (nSPS) is 9.62. The first-order chi connectivity index (χ1) is 9.54. The number of aryl methyl sites for hydroxylation is 1. The van der Waals surface area contributed by atoms with E-state index in [1.807, 2.05) is 47.7 Å². The summed E-state index contributed by atoms with van der Waals surface area (Å²) in [5.41, 5.74) is 2.70. The Bertz CT molecular complexity index is 747. The molecule has 0 aliphatic rings. The summed E-state index contributed by atoms with van der Waals surface area (Å²) in [6, 6.07) is 10.5. The minimum absolute atomic E-state index is 0. The van der Waals surface area contributed by atoms with Crippen LogP contribution in [0.1, 0.15) is 5.56 Å². The molecule has 0 N–H and O–H groups in total. The molecule has 0 aliphatic carbocycles. The fourth-order valence-corrected chi connectivity index (χ4v) is 2.44. The second-order valence-corrected chi connectivity index (χ2v) is 5.48. The van der Waals surface area contributed by atoms with Crippen molar-refractivity contribution in [1.82, 2.24) is 4.57 Å². The third-order valence-corrected chi connectivity index (χ3v) is 3.73. The number of aromatic nitrogens is 1. The number of terminal acetylenes is 1. The van der Waals surface area contributed by atoms with E-state index in [0.717, 1.165) is 22.6 Å². The van der Waals surface area contributed by atoms with Gasteiger partial charge in [0, 0.05) is 39.8 Å². The largest absolute Gasteiger partial charge is 0.481 e. The molecule has 3 nitrogen and oxygen atoms in total. The molecule has 1 aromatic carbocycles. The molecule has 5 heteroatoms. The predicted octanol–water partition coefficient (Wildman–Crippen LogP) is 2.78. The Kier molecular flexibility index (Phi) is 7.12. The smallest absolute Gasteiger partial charge is 0.207 e. The summed E-state index contributed by atoms with van der Waals surface area (Å²) in [6.45, 7) is 2.21. The average molecular weight is 467 g/mol. The average Bonchev–Trinajstić information content (AvgIpc) is 2.44. The van der Waals surface area contributed by atoms with Gasteiger partial charge in [0.2, 0.25) is 5.56 Å². The molecule has 0 saturated carbocycles. The molecule has 0 spiro atoms. The van der Waals surface area contributed by atoms with Crippen LogP contribution in [0.4, 0.5) is 0 Å². The second-order valence-electron chi connectivity index (χ2n) is 4.32. The number of ether oxygens (including phenoxy) is 1. The molecule has 21 heavy (non-hydrogen) atoms. The molecule has 1 aromatic heterocycles. The van der Waals surface area contributed by atoms with Gasteiger partial charge in [0.05, 0.1) is 0 Å². The van der Waals surface area contributed by atoms with Crippen LogP contribution in [0.2, 0.25) is 0 Å². The first-order valence-electron chi connectivity index (χ1n) is 5.99. The second kappa shape index (κ2) is 8.12. The van der Waals surface area contributed by atoms with Gasteiger partial charge in [-0.25, -0.2) is 0 Å². The van der Waals surface area contributed by atoms with Crippen molar-refractivity contribution in [2.24, 2.45) is 7.05 Å². The fourth-order valence-electron chi connectivity index (χ4n) is 1.93. The van der Waals surface area contributed by atoms with Crippen LogP contribution in [-0.4, -0.2) is 11.2 Å². The van der Waals surface area contributed by atoms with Gasteiger partial charge in [-0.15, -0.1) is 35.1 Å². The number of rotatable bonds is 3. The van der Waals surface area contributed by atoms with Crippen LogP contribution in [0.5, 0.6) is 5.75 Å². The Morgan fingerprint density at radius 1 is 1.48 bits per heavy atom. The van der Waals surface area contributed by atoms with E-state index in [4.69, 9.17) is 11.2 Å². The van der Waals surface area contributed by atoms with Gasteiger partial charge in [-0.1, -0.05) is 29.7 Å². The molecular weight excluding hydrogens is 454 g/mol. The van der Waals surface area contributed by atoms with Gasteiger partial charge in [-0.3, -0.25) is 4.79 Å². The molecule has 0 saturated heterocycles. The standard InChI is InChI=1S/C16H13INO2.Y/c1-4-9-20-12-5-6-13(11(2)10-12)15-8-7-14(17)16(19)18(15)3;/h1,5-7,10H,9H2,2-3H3;/q-1;. The molecule has 1 heterocycles. The molecule has 2 aromatic rings. The first kappa shape index (κ1) is 18.4. The monoisotopic (exact) mass is 467 g/mol. The molecule has 0 atom stereocenters. The Morgan fingerprint density at radius 3 is 2.81 bits per heavy atom. The van der Waals surface area contributed by atoms with Crippen LogP contribution in [-0.2, 0) is 39.8 Å². The zero-order chi connectivity index (χ0) is 14.7. The van der Waals surface area contributed by atoms with Crippen molar-refractivity contribution in [1.29, 1.82) is 0 Å². The molecule has 0 amide bonds. The topological polar surface area (TPSA) is 31.2 Å². The van der Waals surface area contributed by atoms with Crippen LogP contribution in [0.3, 0.4) is 0 Å². The van der Waals surface area contributed by atoms with Crippen LogP contribution >= 0.6 is 22.6 Å². The van der Waals surface area contributed by atoms with Gasteiger partial charge in [0.15, 0.2) is 0 Å². The molecule has 1 radical (unpaired) electrons. The molecular formula is C16H13INO2Y-. The van der Waals surface area contributed by atoms with E-state index in [-0.39, 0.29) is 44.9 Å². The van der Waals surface area contributed by atoms with Gasteiger partial charge in [0.1, 0.15) is 12.4 Å². The van der Waals surface area contributed by atoms with Crippen LogP contribution in [0.25, 0.3) is 11.3 Å². The van der Waals surface area contributed by atoms with Crippen molar-refractivity contribution in [3.63, 3.8) is 0 Å². The van der Waals surface area contributed by atoms with Crippen molar-refractivity contribution < 1.29 is 37.4 Å². The quantitative estimate of drug-likeness (QED) is 0.395. The van der Waals surface area contributed by atoms with Gasteiger partial charge < -0.3 is 9.30 Å². The summed E-state index contributed by atoms with van der Waals surface area (Å²) in [7, 11) is 1.75. The van der Waals surface area contributed by atoms with Gasteiger partial charge in [-0.2, -0.15) is 12.1 Å². The van der Waals surface area contributed by atoms with E-state index >= 15 is 0 Å². The molecule has 0 bridgehead atoms. The minimum Gasteiger partial charge on any atom is -0.481 e. The third-order valence-electron chi connectivity index (χ3n) is 2.96. The van der Waals surface area contributed by atoms with Crippen molar-refractivity contribution in [3.8, 4) is 29.4 Å².